The van der Waals surface area contributed by atoms with Crippen molar-refractivity contribution < 1.29 is 4.79 Å². The van der Waals surface area contributed by atoms with E-state index < -0.39 is 0 Å². The monoisotopic (exact) mass is 284 g/mol. The van der Waals surface area contributed by atoms with Gasteiger partial charge >= 0.3 is 0 Å². The maximum Gasteiger partial charge on any atom is 0.253 e. The van der Waals surface area contributed by atoms with E-state index >= 15 is 0 Å². The summed E-state index contributed by atoms with van der Waals surface area (Å²) in [7, 11) is 3.46. The Bertz CT molecular complexity index is 611. The number of rotatable bonds is 5. The van der Waals surface area contributed by atoms with Gasteiger partial charge in [-0.05, 0) is 36.2 Å². The van der Waals surface area contributed by atoms with Crippen LogP contribution in [0, 0.1) is 0 Å². The van der Waals surface area contributed by atoms with Crippen molar-refractivity contribution in [2.24, 2.45) is 0 Å². The van der Waals surface area contributed by atoms with E-state index in [1.807, 2.05) is 18.3 Å². The molecule has 110 valence electrons. The van der Waals surface area contributed by atoms with Crippen LogP contribution in [-0.4, -0.2) is 36.4 Å². The molecule has 2 rings (SSSR count). The Morgan fingerprint density at radius 3 is 2.81 bits per heavy atom. The molecule has 0 bridgehead atoms. The predicted octanol–water partition coefficient (Wildman–Crippen LogP) is 2.02. The minimum absolute atomic E-state index is 0.0368. The lowest BCUT2D eigenvalue weighted by Gasteiger charge is -2.14. The molecule has 0 atom stereocenters. The number of carbonyl (C=O) groups excluding carboxylic acids is 1. The van der Waals surface area contributed by atoms with E-state index in [2.05, 4.69) is 10.3 Å². The van der Waals surface area contributed by atoms with E-state index in [0.29, 0.717) is 11.3 Å². The predicted molar refractivity (Wildman–Crippen MR) is 85.3 cm³/mol. The summed E-state index contributed by atoms with van der Waals surface area (Å²) in [5, 5.41) is 3.27. The molecule has 0 aliphatic rings. The third kappa shape index (κ3) is 3.95. The van der Waals surface area contributed by atoms with Gasteiger partial charge in [0.15, 0.2) is 0 Å². The van der Waals surface area contributed by atoms with Crippen molar-refractivity contribution in [2.75, 3.05) is 31.7 Å². The van der Waals surface area contributed by atoms with E-state index in [4.69, 9.17) is 5.73 Å². The van der Waals surface area contributed by atoms with Crippen LogP contribution in [0.25, 0.3) is 0 Å². The topological polar surface area (TPSA) is 71.2 Å². The minimum Gasteiger partial charge on any atom is -0.397 e. The third-order valence-corrected chi connectivity index (χ3v) is 3.16. The highest BCUT2D eigenvalue weighted by Gasteiger charge is 2.10. The fourth-order valence-corrected chi connectivity index (χ4v) is 1.99. The van der Waals surface area contributed by atoms with Crippen molar-refractivity contribution >= 4 is 17.3 Å². The highest BCUT2D eigenvalue weighted by atomic mass is 16.2. The summed E-state index contributed by atoms with van der Waals surface area (Å²) >= 11 is 0. The molecule has 0 fully saturated rings. The molecule has 0 spiro atoms. The maximum atomic E-state index is 12.0. The highest BCUT2D eigenvalue weighted by molar-refractivity contribution is 5.95. The van der Waals surface area contributed by atoms with Gasteiger partial charge in [-0.1, -0.05) is 6.07 Å². The first-order chi connectivity index (χ1) is 10.1. The second-order valence-corrected chi connectivity index (χ2v) is 5.04. The molecule has 0 aliphatic carbocycles. The SMILES string of the molecule is CN(C)C(=O)c1ccc(N)c(NCCc2cccnc2)c1. The Labute approximate surface area is 124 Å². The van der Waals surface area contributed by atoms with E-state index in [9.17, 15) is 4.79 Å². The van der Waals surface area contributed by atoms with Gasteiger partial charge in [0.25, 0.3) is 5.91 Å². The Balaban J connectivity index is 2.02. The molecule has 21 heavy (non-hydrogen) atoms. The molecule has 3 N–H and O–H groups in total. The number of benzene rings is 1. The fourth-order valence-electron chi connectivity index (χ4n) is 1.99. The number of aromatic nitrogens is 1. The van der Waals surface area contributed by atoms with Crippen molar-refractivity contribution in [3.63, 3.8) is 0 Å². The van der Waals surface area contributed by atoms with Gasteiger partial charge in [0.05, 0.1) is 11.4 Å². The van der Waals surface area contributed by atoms with Gasteiger partial charge in [-0.2, -0.15) is 0 Å². The van der Waals surface area contributed by atoms with Gasteiger partial charge in [0, 0.05) is 38.6 Å². The lowest BCUT2D eigenvalue weighted by molar-refractivity contribution is 0.0827. The minimum atomic E-state index is -0.0368. The van der Waals surface area contributed by atoms with Crippen LogP contribution in [0.15, 0.2) is 42.7 Å². The van der Waals surface area contributed by atoms with Crippen molar-refractivity contribution in [1.29, 1.82) is 0 Å². The van der Waals surface area contributed by atoms with Crippen molar-refractivity contribution in [2.45, 2.75) is 6.42 Å². The van der Waals surface area contributed by atoms with E-state index in [0.717, 1.165) is 24.2 Å². The van der Waals surface area contributed by atoms with Crippen LogP contribution in [0.3, 0.4) is 0 Å². The molecule has 0 saturated heterocycles. The number of hydrogen-bond donors (Lipinski definition) is 2. The van der Waals surface area contributed by atoms with Gasteiger partial charge in [-0.3, -0.25) is 9.78 Å². The highest BCUT2D eigenvalue weighted by Crippen LogP contribution is 2.20. The van der Waals surface area contributed by atoms with E-state index in [1.54, 1.807) is 43.4 Å². The zero-order chi connectivity index (χ0) is 15.2. The molecular formula is C16H20N4O. The Morgan fingerprint density at radius 1 is 1.33 bits per heavy atom. The van der Waals surface area contributed by atoms with Crippen LogP contribution < -0.4 is 11.1 Å². The number of nitrogens with two attached hydrogens (primary N) is 1. The number of hydrogen-bond acceptors (Lipinski definition) is 4. The largest absolute Gasteiger partial charge is 0.397 e. The van der Waals surface area contributed by atoms with Gasteiger partial charge < -0.3 is 16.0 Å². The summed E-state index contributed by atoms with van der Waals surface area (Å²) in [5.74, 6) is -0.0368. The molecule has 0 unspecified atom stereocenters. The van der Waals surface area contributed by atoms with Crippen LogP contribution in [0.1, 0.15) is 15.9 Å². The van der Waals surface area contributed by atoms with Crippen molar-refractivity contribution in [1.82, 2.24) is 9.88 Å². The van der Waals surface area contributed by atoms with Crippen molar-refractivity contribution in [3.8, 4) is 0 Å². The molecule has 2 aromatic rings. The van der Waals surface area contributed by atoms with Crippen LogP contribution in [0.2, 0.25) is 0 Å². The van der Waals surface area contributed by atoms with E-state index in [1.165, 1.54) is 0 Å². The summed E-state index contributed by atoms with van der Waals surface area (Å²) in [6.07, 6.45) is 4.45. The van der Waals surface area contributed by atoms with Crippen LogP contribution in [0.5, 0.6) is 0 Å². The molecule has 1 amide bonds. The molecule has 5 nitrogen and oxygen atoms in total. The first kappa shape index (κ1) is 14.8. The average Bonchev–Trinajstić information content (AvgIpc) is 2.49. The molecule has 0 aliphatic heterocycles. The summed E-state index contributed by atoms with van der Waals surface area (Å²) in [5.41, 5.74) is 9.14. The molecular weight excluding hydrogens is 264 g/mol. The second kappa shape index (κ2) is 6.74. The summed E-state index contributed by atoms with van der Waals surface area (Å²) in [4.78, 5) is 17.6. The average molecular weight is 284 g/mol. The smallest absolute Gasteiger partial charge is 0.253 e. The summed E-state index contributed by atoms with van der Waals surface area (Å²) in [6, 6.07) is 9.23. The maximum absolute atomic E-state index is 12.0. The van der Waals surface area contributed by atoms with Gasteiger partial charge in [0.2, 0.25) is 0 Å². The van der Waals surface area contributed by atoms with Crippen LogP contribution in [-0.2, 0) is 6.42 Å². The molecule has 1 aromatic carbocycles. The molecule has 1 heterocycles. The standard InChI is InChI=1S/C16H20N4O/c1-20(2)16(21)13-5-6-14(17)15(10-13)19-9-7-12-4-3-8-18-11-12/h3-6,8,10-11,19H,7,9,17H2,1-2H3. The molecule has 5 heteroatoms. The summed E-state index contributed by atoms with van der Waals surface area (Å²) < 4.78 is 0. The molecule has 0 radical (unpaired) electrons. The van der Waals surface area contributed by atoms with Gasteiger partial charge in [0.1, 0.15) is 0 Å². The number of nitrogen functional groups attached to an aromatic ring is 1. The van der Waals surface area contributed by atoms with Gasteiger partial charge in [-0.15, -0.1) is 0 Å². The number of nitrogens with zero attached hydrogens (tertiary/aromatic N) is 2. The van der Waals surface area contributed by atoms with Crippen LogP contribution >= 0.6 is 0 Å². The van der Waals surface area contributed by atoms with Gasteiger partial charge in [-0.25, -0.2) is 0 Å². The number of carbonyl (C=O) groups is 1. The second-order valence-electron chi connectivity index (χ2n) is 5.04. The van der Waals surface area contributed by atoms with Crippen LogP contribution in [0.4, 0.5) is 11.4 Å². The number of nitrogens with one attached hydrogen (secondary N) is 1. The normalized spacial score (nSPS) is 10.2. The number of anilines is 2. The van der Waals surface area contributed by atoms with E-state index in [-0.39, 0.29) is 5.91 Å². The lowest BCUT2D eigenvalue weighted by atomic mass is 10.1. The lowest BCUT2D eigenvalue weighted by Crippen LogP contribution is -2.22. The zero-order valence-corrected chi connectivity index (χ0v) is 12.3. The first-order valence-electron chi connectivity index (χ1n) is 6.82. The zero-order valence-electron chi connectivity index (χ0n) is 12.3. The number of amides is 1. The number of pyridine rings is 1. The Morgan fingerprint density at radius 2 is 2.14 bits per heavy atom. The quantitative estimate of drug-likeness (QED) is 0.824. The fraction of sp³-hybridized carbons (Fsp3) is 0.250. The van der Waals surface area contributed by atoms with Crippen molar-refractivity contribution in [3.05, 3.63) is 53.9 Å². The Kier molecular flexibility index (Phi) is 4.77. The molecule has 1 aromatic heterocycles. The molecule has 0 saturated carbocycles. The first-order valence-corrected chi connectivity index (χ1v) is 6.82. The third-order valence-electron chi connectivity index (χ3n) is 3.16. The summed E-state index contributed by atoms with van der Waals surface area (Å²) in [6.45, 7) is 0.732. The Hall–Kier alpha value is -2.56.